The SMILES string of the molecule is CC(C)Cc1nnc(NC(=O)c2cc(Cl)ccn2)s1. The number of halogens is 1. The molecule has 2 aromatic heterocycles. The molecule has 0 saturated heterocycles. The normalized spacial score (nSPS) is 10.7. The molecule has 7 heteroatoms. The lowest BCUT2D eigenvalue weighted by Gasteiger charge is -2.00. The van der Waals surface area contributed by atoms with Gasteiger partial charge in [0, 0.05) is 17.6 Å². The summed E-state index contributed by atoms with van der Waals surface area (Å²) in [6.07, 6.45) is 2.34. The van der Waals surface area contributed by atoms with Gasteiger partial charge in [-0.05, 0) is 18.1 Å². The lowest BCUT2D eigenvalue weighted by atomic mass is 10.1. The number of rotatable bonds is 4. The van der Waals surface area contributed by atoms with Crippen LogP contribution in [-0.2, 0) is 6.42 Å². The van der Waals surface area contributed by atoms with Crippen LogP contribution in [0.4, 0.5) is 5.13 Å². The molecular weight excluding hydrogens is 284 g/mol. The zero-order chi connectivity index (χ0) is 13.8. The first-order chi connectivity index (χ1) is 9.04. The molecule has 0 atom stereocenters. The highest BCUT2D eigenvalue weighted by molar-refractivity contribution is 7.15. The van der Waals surface area contributed by atoms with Gasteiger partial charge in [-0.25, -0.2) is 0 Å². The number of hydrogen-bond donors (Lipinski definition) is 1. The van der Waals surface area contributed by atoms with E-state index in [0.29, 0.717) is 16.1 Å². The maximum Gasteiger partial charge on any atom is 0.276 e. The van der Waals surface area contributed by atoms with Crippen molar-refractivity contribution in [2.24, 2.45) is 5.92 Å². The summed E-state index contributed by atoms with van der Waals surface area (Å²) in [5, 5.41) is 12.5. The summed E-state index contributed by atoms with van der Waals surface area (Å²) in [5.41, 5.74) is 0.258. The summed E-state index contributed by atoms with van der Waals surface area (Å²) in [7, 11) is 0. The lowest BCUT2D eigenvalue weighted by molar-refractivity contribution is 0.102. The van der Waals surface area contributed by atoms with Gasteiger partial charge < -0.3 is 0 Å². The van der Waals surface area contributed by atoms with E-state index < -0.39 is 0 Å². The number of hydrogen-bond acceptors (Lipinski definition) is 5. The minimum atomic E-state index is -0.338. The summed E-state index contributed by atoms with van der Waals surface area (Å²) < 4.78 is 0. The number of pyridine rings is 1. The van der Waals surface area contributed by atoms with Crippen molar-refractivity contribution in [1.29, 1.82) is 0 Å². The third kappa shape index (κ3) is 3.97. The minimum absolute atomic E-state index is 0.258. The van der Waals surface area contributed by atoms with E-state index in [1.54, 1.807) is 6.07 Å². The minimum Gasteiger partial charge on any atom is -0.295 e. The molecule has 0 bridgehead atoms. The molecule has 0 fully saturated rings. The second kappa shape index (κ2) is 6.08. The molecule has 0 radical (unpaired) electrons. The molecule has 0 aromatic carbocycles. The van der Waals surface area contributed by atoms with Crippen molar-refractivity contribution >= 4 is 34.0 Å². The van der Waals surface area contributed by atoms with E-state index in [1.807, 2.05) is 0 Å². The maximum absolute atomic E-state index is 11.9. The number of carbonyl (C=O) groups is 1. The van der Waals surface area contributed by atoms with Crippen molar-refractivity contribution in [3.05, 3.63) is 34.1 Å². The van der Waals surface area contributed by atoms with Crippen molar-refractivity contribution in [2.45, 2.75) is 20.3 Å². The molecule has 19 heavy (non-hydrogen) atoms. The highest BCUT2D eigenvalue weighted by atomic mass is 35.5. The van der Waals surface area contributed by atoms with Crippen molar-refractivity contribution in [1.82, 2.24) is 15.2 Å². The van der Waals surface area contributed by atoms with Crippen LogP contribution in [0.5, 0.6) is 0 Å². The second-order valence-corrected chi connectivity index (χ2v) is 5.91. The molecule has 100 valence electrons. The Bertz CT molecular complexity index is 585. The highest BCUT2D eigenvalue weighted by Crippen LogP contribution is 2.19. The fourth-order valence-electron chi connectivity index (χ4n) is 1.43. The third-order valence-electron chi connectivity index (χ3n) is 2.22. The molecule has 1 N–H and O–H groups in total. The lowest BCUT2D eigenvalue weighted by Crippen LogP contribution is -2.13. The van der Waals surface area contributed by atoms with Gasteiger partial charge in [-0.1, -0.05) is 36.8 Å². The van der Waals surface area contributed by atoms with Crippen LogP contribution in [-0.4, -0.2) is 21.1 Å². The summed E-state index contributed by atoms with van der Waals surface area (Å²) in [4.78, 5) is 15.9. The second-order valence-electron chi connectivity index (χ2n) is 4.41. The Kier molecular flexibility index (Phi) is 4.44. The molecule has 0 aliphatic carbocycles. The van der Waals surface area contributed by atoms with Crippen LogP contribution in [0.15, 0.2) is 18.3 Å². The standard InChI is InChI=1S/C12H13ClN4OS/c1-7(2)5-10-16-17-12(19-10)15-11(18)9-6-8(13)3-4-14-9/h3-4,6-7H,5H2,1-2H3,(H,15,17,18). The molecule has 1 amide bonds. The number of aromatic nitrogens is 3. The molecule has 5 nitrogen and oxygen atoms in total. The Morgan fingerprint density at radius 3 is 2.95 bits per heavy atom. The summed E-state index contributed by atoms with van der Waals surface area (Å²) in [6, 6.07) is 3.12. The molecule has 2 rings (SSSR count). The zero-order valence-corrected chi connectivity index (χ0v) is 12.1. The predicted octanol–water partition coefficient (Wildman–Crippen LogP) is 3.04. The van der Waals surface area contributed by atoms with Crippen molar-refractivity contribution in [3.8, 4) is 0 Å². The number of amides is 1. The van der Waals surface area contributed by atoms with Crippen LogP contribution in [0.1, 0.15) is 29.3 Å². The molecule has 0 unspecified atom stereocenters. The van der Waals surface area contributed by atoms with Crippen LogP contribution in [0.3, 0.4) is 0 Å². The van der Waals surface area contributed by atoms with Gasteiger partial charge in [0.15, 0.2) is 0 Å². The molecule has 2 heterocycles. The Morgan fingerprint density at radius 1 is 1.47 bits per heavy atom. The molecule has 0 saturated carbocycles. The van der Waals surface area contributed by atoms with E-state index >= 15 is 0 Å². The largest absolute Gasteiger partial charge is 0.295 e. The Hall–Kier alpha value is -1.53. The van der Waals surface area contributed by atoms with Gasteiger partial charge in [0.1, 0.15) is 10.7 Å². The number of nitrogens with zero attached hydrogens (tertiary/aromatic N) is 3. The van der Waals surface area contributed by atoms with Crippen LogP contribution in [0.2, 0.25) is 5.02 Å². The van der Waals surface area contributed by atoms with Gasteiger partial charge in [0.2, 0.25) is 5.13 Å². The smallest absolute Gasteiger partial charge is 0.276 e. The molecule has 2 aromatic rings. The van der Waals surface area contributed by atoms with Crippen molar-refractivity contribution in [3.63, 3.8) is 0 Å². The zero-order valence-electron chi connectivity index (χ0n) is 10.6. The molecule has 0 aliphatic heterocycles. The van der Waals surface area contributed by atoms with Crippen LogP contribution >= 0.6 is 22.9 Å². The fraction of sp³-hybridized carbons (Fsp3) is 0.333. The van der Waals surface area contributed by atoms with E-state index in [4.69, 9.17) is 11.6 Å². The number of anilines is 1. The van der Waals surface area contributed by atoms with Gasteiger partial charge in [-0.15, -0.1) is 10.2 Å². The van der Waals surface area contributed by atoms with Crippen LogP contribution < -0.4 is 5.32 Å². The van der Waals surface area contributed by atoms with Crippen molar-refractivity contribution < 1.29 is 4.79 Å². The van der Waals surface area contributed by atoms with Gasteiger partial charge in [-0.3, -0.25) is 15.1 Å². The van der Waals surface area contributed by atoms with Gasteiger partial charge in [0.25, 0.3) is 5.91 Å². The Labute approximate surface area is 120 Å². The summed E-state index contributed by atoms with van der Waals surface area (Å²) in [5.74, 6) is 0.167. The topological polar surface area (TPSA) is 67.8 Å². The van der Waals surface area contributed by atoms with E-state index in [0.717, 1.165) is 11.4 Å². The Balaban J connectivity index is 2.05. The first-order valence-corrected chi connectivity index (χ1v) is 6.99. The third-order valence-corrected chi connectivity index (χ3v) is 3.32. The summed E-state index contributed by atoms with van der Waals surface area (Å²) in [6.45, 7) is 4.21. The maximum atomic E-state index is 11.9. The first kappa shape index (κ1) is 13.9. The molecular formula is C12H13ClN4OS. The van der Waals surface area contributed by atoms with E-state index in [1.165, 1.54) is 23.6 Å². The van der Waals surface area contributed by atoms with Crippen LogP contribution in [0, 0.1) is 5.92 Å². The van der Waals surface area contributed by atoms with Gasteiger partial charge >= 0.3 is 0 Å². The predicted molar refractivity (Wildman–Crippen MR) is 75.7 cm³/mol. The quantitative estimate of drug-likeness (QED) is 0.941. The van der Waals surface area contributed by atoms with E-state index in [2.05, 4.69) is 34.3 Å². The van der Waals surface area contributed by atoms with Crippen molar-refractivity contribution in [2.75, 3.05) is 5.32 Å². The summed E-state index contributed by atoms with van der Waals surface area (Å²) >= 11 is 7.18. The molecule has 0 aliphatic rings. The van der Waals surface area contributed by atoms with E-state index in [-0.39, 0.29) is 11.6 Å². The fourth-order valence-corrected chi connectivity index (χ4v) is 2.53. The monoisotopic (exact) mass is 296 g/mol. The van der Waals surface area contributed by atoms with Gasteiger partial charge in [0.05, 0.1) is 0 Å². The average Bonchev–Trinajstić information content (AvgIpc) is 2.75. The highest BCUT2D eigenvalue weighted by Gasteiger charge is 2.12. The van der Waals surface area contributed by atoms with Gasteiger partial charge in [-0.2, -0.15) is 0 Å². The number of carbonyl (C=O) groups excluding carboxylic acids is 1. The first-order valence-electron chi connectivity index (χ1n) is 5.80. The van der Waals surface area contributed by atoms with Crippen LogP contribution in [0.25, 0.3) is 0 Å². The average molecular weight is 297 g/mol. The van der Waals surface area contributed by atoms with E-state index in [9.17, 15) is 4.79 Å². The number of nitrogens with one attached hydrogen (secondary N) is 1. The molecule has 0 spiro atoms. The Morgan fingerprint density at radius 2 is 2.26 bits per heavy atom.